The van der Waals surface area contributed by atoms with E-state index < -0.39 is 24.4 Å². The molecule has 0 heterocycles. The van der Waals surface area contributed by atoms with Gasteiger partial charge in [-0.05, 0) is 0 Å². The van der Waals surface area contributed by atoms with Gasteiger partial charge in [0.15, 0.2) is 0 Å². The summed E-state index contributed by atoms with van der Waals surface area (Å²) in [4.78, 5) is 19.3. The molecule has 0 spiro atoms. The minimum atomic E-state index is -1.58. The molecule has 0 saturated carbocycles. The Bertz CT molecular complexity index is 142. The number of carboxylic acids is 2. The van der Waals surface area contributed by atoms with E-state index in [1.165, 1.54) is 0 Å². The van der Waals surface area contributed by atoms with Crippen LogP contribution >= 0.6 is 0 Å². The maximum absolute atomic E-state index is 9.71. The van der Waals surface area contributed by atoms with E-state index >= 15 is 0 Å². The van der Waals surface area contributed by atoms with E-state index in [4.69, 9.17) is 5.73 Å². The fourth-order valence-electron chi connectivity index (χ4n) is 0.263. The average Bonchev–Trinajstić information content (AvgIpc) is 1.63. The zero-order valence-electron chi connectivity index (χ0n) is 6.20. The Morgan fingerprint density at radius 1 is 1.50 bits per heavy atom. The van der Waals surface area contributed by atoms with Crippen molar-refractivity contribution in [2.24, 2.45) is 5.73 Å². The summed E-state index contributed by atoms with van der Waals surface area (Å²) in [6, 6.07) is -1.46. The van der Waals surface area contributed by atoms with E-state index in [2.05, 4.69) is 0 Å². The normalized spacial score (nSPS) is 11.3. The molecule has 0 aromatic heterocycles. The first-order valence-electron chi connectivity index (χ1n) is 2.20. The van der Waals surface area contributed by atoms with Crippen LogP contribution in [0.1, 0.15) is 7.85 Å². The van der Waals surface area contributed by atoms with Crippen molar-refractivity contribution in [3.8, 4) is 0 Å². The molecule has 0 aliphatic heterocycles. The van der Waals surface area contributed by atoms with Crippen LogP contribution in [0.25, 0.3) is 0 Å². The van der Waals surface area contributed by atoms with Gasteiger partial charge < -0.3 is 25.5 Å². The Labute approximate surface area is 99.1 Å². The van der Waals surface area contributed by atoms with Crippen molar-refractivity contribution in [2.75, 3.05) is 0 Å². The van der Waals surface area contributed by atoms with Crippen molar-refractivity contribution in [2.45, 2.75) is 12.5 Å². The van der Waals surface area contributed by atoms with Crippen LogP contribution in [-0.4, -0.2) is 66.9 Å². The third-order valence-electron chi connectivity index (χ3n) is 0.689. The van der Waals surface area contributed by atoms with Crippen molar-refractivity contribution < 1.29 is 21.2 Å². The van der Waals surface area contributed by atoms with Crippen LogP contribution in [0.15, 0.2) is 0 Å². The van der Waals surface area contributed by atoms with Crippen molar-refractivity contribution in [1.82, 2.24) is 0 Å². The number of carbonyl (C=O) groups excluding carboxylic acids is 2. The molecule has 0 radical (unpaired) electrons. The predicted octanol–water partition coefficient (Wildman–Crippen LogP) is -4.06. The molecular formula is C4H6BaNO4+. The minimum absolute atomic E-state index is 0. The van der Waals surface area contributed by atoms with E-state index in [1.807, 2.05) is 0 Å². The third kappa shape index (κ3) is 6.59. The average molecular weight is 269 g/mol. The number of hydrogen-bond acceptors (Lipinski definition) is 5. The fraction of sp³-hybridized carbons (Fsp3) is 0.500. The van der Waals surface area contributed by atoms with Crippen LogP contribution in [0.5, 0.6) is 0 Å². The van der Waals surface area contributed by atoms with Crippen LogP contribution in [0.4, 0.5) is 0 Å². The molecule has 10 heavy (non-hydrogen) atoms. The van der Waals surface area contributed by atoms with Crippen molar-refractivity contribution in [1.29, 1.82) is 0 Å². The standard InChI is InChI=1S/C4H7NO4.Ba/c5-2(4(8)9)1-3(6)7;/h2H,1,5H2,(H,6,7)(H,8,9);/q;+2/p-1. The largest absolute Gasteiger partial charge is 2.00 e. The first-order valence-corrected chi connectivity index (χ1v) is 2.20. The van der Waals surface area contributed by atoms with Gasteiger partial charge >= 0.3 is 50.3 Å². The number of rotatable bonds is 3. The van der Waals surface area contributed by atoms with Gasteiger partial charge in [-0.25, -0.2) is 0 Å². The van der Waals surface area contributed by atoms with E-state index in [0.717, 1.165) is 0 Å². The van der Waals surface area contributed by atoms with Gasteiger partial charge in [0, 0.05) is 18.4 Å². The molecule has 6 heteroatoms. The van der Waals surface area contributed by atoms with Crippen LogP contribution < -0.4 is 15.9 Å². The summed E-state index contributed by atoms with van der Waals surface area (Å²) < 4.78 is 0. The van der Waals surface area contributed by atoms with Gasteiger partial charge in [0.05, 0.1) is 5.97 Å². The molecule has 2 N–H and O–H groups in total. The Kier molecular flexibility index (Phi) is 8.11. The van der Waals surface area contributed by atoms with Crippen molar-refractivity contribution >= 4 is 60.8 Å². The maximum atomic E-state index is 9.71. The molecule has 0 saturated heterocycles. The van der Waals surface area contributed by atoms with Gasteiger partial charge in [-0.3, -0.25) is 0 Å². The summed E-state index contributed by atoms with van der Waals surface area (Å²) in [5.41, 5.74) is 4.73. The molecule has 0 fully saturated rings. The molecule has 52 valence electrons. The van der Waals surface area contributed by atoms with Crippen molar-refractivity contribution in [3.63, 3.8) is 0 Å². The van der Waals surface area contributed by atoms with Crippen molar-refractivity contribution in [3.05, 3.63) is 0 Å². The molecule has 0 rings (SSSR count). The van der Waals surface area contributed by atoms with Crippen LogP contribution in [0.3, 0.4) is 0 Å². The van der Waals surface area contributed by atoms with E-state index in [9.17, 15) is 19.8 Å². The minimum Gasteiger partial charge on any atom is -0.550 e. The van der Waals surface area contributed by atoms with Gasteiger partial charge in [-0.15, -0.1) is 0 Å². The first-order chi connectivity index (χ1) is 4.04. The molecule has 0 amide bonds. The summed E-state index contributed by atoms with van der Waals surface area (Å²) in [6.07, 6.45) is -0.706. The third-order valence-corrected chi connectivity index (χ3v) is 0.689. The molecule has 0 aliphatic carbocycles. The monoisotopic (exact) mass is 270 g/mol. The van der Waals surface area contributed by atoms with Crippen LogP contribution in [0, 0.1) is 0 Å². The topological polar surface area (TPSA) is 106 Å². The van der Waals surface area contributed by atoms with Gasteiger partial charge in [0.25, 0.3) is 0 Å². The summed E-state index contributed by atoms with van der Waals surface area (Å²) in [6.45, 7) is 0. The van der Waals surface area contributed by atoms with E-state index in [0.29, 0.717) is 0 Å². The number of aliphatic carboxylic acids is 2. The molecule has 0 aromatic carbocycles. The Morgan fingerprint density at radius 3 is 2.00 bits per heavy atom. The zero-order valence-corrected chi connectivity index (χ0v) is 9.64. The summed E-state index contributed by atoms with van der Waals surface area (Å²) in [5.74, 6) is -3.08. The molecule has 5 nitrogen and oxygen atoms in total. The molecule has 0 aromatic rings. The second-order valence-corrected chi connectivity index (χ2v) is 1.50. The smallest absolute Gasteiger partial charge is 0.550 e. The zero-order chi connectivity index (χ0) is 7.44. The molecular weight excluding hydrogens is 263 g/mol. The summed E-state index contributed by atoms with van der Waals surface area (Å²) in [5, 5.41) is 19.3. The summed E-state index contributed by atoms with van der Waals surface area (Å²) in [7, 11) is 0. The number of hydrogen-bond donors (Lipinski definition) is 1. The Balaban J connectivity index is -0.000000320. The van der Waals surface area contributed by atoms with Crippen LogP contribution in [0.2, 0.25) is 0 Å². The number of nitrogens with two attached hydrogens (primary N) is 1. The summed E-state index contributed by atoms with van der Waals surface area (Å²) >= 11 is 0. The molecule has 1 unspecified atom stereocenters. The second kappa shape index (κ2) is 6.20. The second-order valence-electron chi connectivity index (χ2n) is 1.50. The van der Waals surface area contributed by atoms with Gasteiger partial charge in [0.1, 0.15) is 0 Å². The number of carboxylic acid groups (broad SMARTS) is 2. The first kappa shape index (κ1) is 13.1. The van der Waals surface area contributed by atoms with Gasteiger partial charge in [-0.1, -0.05) is 0 Å². The number of carbonyl (C=O) groups is 2. The van der Waals surface area contributed by atoms with Gasteiger partial charge in [0.2, 0.25) is 0 Å². The Hall–Kier alpha value is 0.471. The molecule has 0 aliphatic rings. The maximum Gasteiger partial charge on any atom is 2.00 e. The van der Waals surface area contributed by atoms with E-state index in [-0.39, 0.29) is 50.3 Å². The molecule has 0 bridgehead atoms. The predicted molar refractivity (Wildman–Crippen MR) is 29.5 cm³/mol. The van der Waals surface area contributed by atoms with Crippen LogP contribution in [-0.2, 0) is 9.59 Å². The van der Waals surface area contributed by atoms with Gasteiger partial charge in [-0.2, -0.15) is 0 Å². The van der Waals surface area contributed by atoms with E-state index in [1.54, 1.807) is 0 Å². The molecule has 1 atom stereocenters. The fourth-order valence-corrected chi connectivity index (χ4v) is 0.263. The Morgan fingerprint density at radius 2 is 1.90 bits per heavy atom. The SMILES string of the molecule is NC(CC(=O)[O-])C(=O)[O-].[Ba+2].[H+]. The quantitative estimate of drug-likeness (QED) is 0.525.